The van der Waals surface area contributed by atoms with Crippen LogP contribution >= 0.6 is 0 Å². The quantitative estimate of drug-likeness (QED) is 0.242. The lowest BCUT2D eigenvalue weighted by atomic mass is 9.77. The molecule has 1 aliphatic rings. The van der Waals surface area contributed by atoms with Crippen molar-refractivity contribution >= 4 is 0 Å². The SMILES string of the molecule is CCCCCCCc1ccc(-c2ccc(CC[C@H]3CC[C@H](CCCCC)CC3)c(F)c2F)cc1. The third kappa shape index (κ3) is 8.21. The van der Waals surface area contributed by atoms with Crippen molar-refractivity contribution < 1.29 is 8.78 Å². The summed E-state index contributed by atoms with van der Waals surface area (Å²) in [7, 11) is 0. The van der Waals surface area contributed by atoms with E-state index in [-0.39, 0.29) is 0 Å². The van der Waals surface area contributed by atoms with Gasteiger partial charge in [-0.1, -0.05) is 127 Å². The summed E-state index contributed by atoms with van der Waals surface area (Å²) in [5.41, 5.74) is 2.95. The number of aryl methyl sites for hydroxylation is 2. The molecule has 0 amide bonds. The van der Waals surface area contributed by atoms with E-state index in [2.05, 4.69) is 26.0 Å². The van der Waals surface area contributed by atoms with Crippen LogP contribution in [0.25, 0.3) is 11.1 Å². The van der Waals surface area contributed by atoms with Gasteiger partial charge >= 0.3 is 0 Å². The lowest BCUT2D eigenvalue weighted by molar-refractivity contribution is 0.248. The highest BCUT2D eigenvalue weighted by Crippen LogP contribution is 2.35. The average Bonchev–Trinajstić information content (AvgIpc) is 2.86. The van der Waals surface area contributed by atoms with Gasteiger partial charge in [-0.05, 0) is 54.2 Å². The van der Waals surface area contributed by atoms with E-state index in [9.17, 15) is 8.78 Å². The smallest absolute Gasteiger partial charge is 0.166 e. The molecule has 0 nitrogen and oxygen atoms in total. The van der Waals surface area contributed by atoms with Gasteiger partial charge in [0.2, 0.25) is 0 Å². The summed E-state index contributed by atoms with van der Waals surface area (Å²) in [6.45, 7) is 4.49. The van der Waals surface area contributed by atoms with Gasteiger partial charge in [0.15, 0.2) is 11.6 Å². The highest BCUT2D eigenvalue weighted by Gasteiger charge is 2.22. The molecule has 0 heterocycles. The Balaban J connectivity index is 1.49. The predicted octanol–water partition coefficient (Wildman–Crippen LogP) is 10.5. The van der Waals surface area contributed by atoms with Crippen LogP contribution < -0.4 is 0 Å². The molecule has 0 atom stereocenters. The minimum absolute atomic E-state index is 0.378. The molecule has 34 heavy (non-hydrogen) atoms. The fraction of sp³-hybridized carbons (Fsp3) is 0.625. The Labute approximate surface area is 207 Å². The lowest BCUT2D eigenvalue weighted by Gasteiger charge is -2.28. The Morgan fingerprint density at radius 1 is 0.618 bits per heavy atom. The van der Waals surface area contributed by atoms with Crippen molar-refractivity contribution in [3.8, 4) is 11.1 Å². The van der Waals surface area contributed by atoms with Crippen molar-refractivity contribution in [2.24, 2.45) is 11.8 Å². The van der Waals surface area contributed by atoms with Crippen molar-refractivity contribution in [2.75, 3.05) is 0 Å². The van der Waals surface area contributed by atoms with Crippen molar-refractivity contribution in [3.05, 3.63) is 59.2 Å². The van der Waals surface area contributed by atoms with Gasteiger partial charge in [0.05, 0.1) is 0 Å². The lowest BCUT2D eigenvalue weighted by Crippen LogP contribution is -2.15. The predicted molar refractivity (Wildman–Crippen MR) is 142 cm³/mol. The molecule has 1 fully saturated rings. The van der Waals surface area contributed by atoms with E-state index >= 15 is 0 Å². The Morgan fingerprint density at radius 3 is 1.91 bits per heavy atom. The molecule has 0 aliphatic heterocycles. The number of hydrogen-bond acceptors (Lipinski definition) is 0. The molecule has 0 aromatic heterocycles. The van der Waals surface area contributed by atoms with Crippen molar-refractivity contribution in [1.29, 1.82) is 0 Å². The molecule has 0 radical (unpaired) electrons. The van der Waals surface area contributed by atoms with E-state index in [1.807, 2.05) is 18.2 Å². The van der Waals surface area contributed by atoms with Crippen LogP contribution in [0.1, 0.15) is 115 Å². The van der Waals surface area contributed by atoms with E-state index in [0.29, 0.717) is 23.5 Å². The first-order valence-electron chi connectivity index (χ1n) is 14.2. The van der Waals surface area contributed by atoms with Crippen molar-refractivity contribution in [3.63, 3.8) is 0 Å². The molecule has 2 aromatic rings. The Bertz CT molecular complexity index is 831. The third-order valence-corrected chi connectivity index (χ3v) is 8.00. The number of halogens is 2. The zero-order valence-electron chi connectivity index (χ0n) is 21.7. The van der Waals surface area contributed by atoms with Crippen LogP contribution in [-0.2, 0) is 12.8 Å². The number of benzene rings is 2. The summed E-state index contributed by atoms with van der Waals surface area (Å²) in [6.07, 6.45) is 19.5. The number of rotatable bonds is 14. The van der Waals surface area contributed by atoms with Crippen LogP contribution in [0.5, 0.6) is 0 Å². The van der Waals surface area contributed by atoms with Crippen LogP contribution in [0.2, 0.25) is 0 Å². The molecule has 0 saturated heterocycles. The molecule has 2 aromatic carbocycles. The van der Waals surface area contributed by atoms with Gasteiger partial charge in [-0.3, -0.25) is 0 Å². The van der Waals surface area contributed by atoms with Gasteiger partial charge in [-0.2, -0.15) is 0 Å². The largest absolute Gasteiger partial charge is 0.203 e. The van der Waals surface area contributed by atoms with Gasteiger partial charge in [-0.25, -0.2) is 8.78 Å². The second kappa shape index (κ2) is 14.6. The number of unbranched alkanes of at least 4 members (excludes halogenated alkanes) is 6. The molecule has 1 saturated carbocycles. The van der Waals surface area contributed by atoms with Gasteiger partial charge in [0.25, 0.3) is 0 Å². The van der Waals surface area contributed by atoms with Crippen molar-refractivity contribution in [2.45, 2.75) is 117 Å². The van der Waals surface area contributed by atoms with Gasteiger partial charge in [-0.15, -0.1) is 0 Å². The minimum Gasteiger partial charge on any atom is -0.203 e. The second-order valence-electron chi connectivity index (χ2n) is 10.7. The van der Waals surface area contributed by atoms with Crippen LogP contribution in [0.4, 0.5) is 8.78 Å². The zero-order chi connectivity index (χ0) is 24.2. The van der Waals surface area contributed by atoms with Crippen molar-refractivity contribution in [1.82, 2.24) is 0 Å². The zero-order valence-corrected chi connectivity index (χ0v) is 21.7. The maximum absolute atomic E-state index is 15.0. The van der Waals surface area contributed by atoms with Gasteiger partial charge in [0, 0.05) is 5.56 Å². The van der Waals surface area contributed by atoms with E-state index in [4.69, 9.17) is 0 Å². The number of hydrogen-bond donors (Lipinski definition) is 0. The Hall–Kier alpha value is -1.70. The highest BCUT2D eigenvalue weighted by atomic mass is 19.2. The van der Waals surface area contributed by atoms with Crippen LogP contribution in [0, 0.1) is 23.5 Å². The highest BCUT2D eigenvalue weighted by molar-refractivity contribution is 5.65. The maximum Gasteiger partial charge on any atom is 0.166 e. The Kier molecular flexibility index (Phi) is 11.6. The van der Waals surface area contributed by atoms with Gasteiger partial charge in [0.1, 0.15) is 0 Å². The van der Waals surface area contributed by atoms with E-state index in [1.54, 1.807) is 6.07 Å². The molecule has 2 heteroatoms. The molecule has 0 N–H and O–H groups in total. The molecule has 3 rings (SSSR count). The van der Waals surface area contributed by atoms with Gasteiger partial charge < -0.3 is 0 Å². The normalized spacial score (nSPS) is 18.4. The summed E-state index contributed by atoms with van der Waals surface area (Å²) in [5.74, 6) is 0.220. The summed E-state index contributed by atoms with van der Waals surface area (Å²) in [6, 6.07) is 11.6. The molecular weight excluding hydrogens is 422 g/mol. The molecule has 0 bridgehead atoms. The average molecular weight is 469 g/mol. The minimum atomic E-state index is -0.690. The summed E-state index contributed by atoms with van der Waals surface area (Å²) in [5, 5.41) is 0. The Morgan fingerprint density at radius 2 is 1.24 bits per heavy atom. The van der Waals surface area contributed by atoms with E-state index < -0.39 is 11.6 Å². The summed E-state index contributed by atoms with van der Waals surface area (Å²) in [4.78, 5) is 0. The van der Waals surface area contributed by atoms with Crippen LogP contribution in [0.15, 0.2) is 36.4 Å². The fourth-order valence-electron chi connectivity index (χ4n) is 5.64. The maximum atomic E-state index is 15.0. The fourth-order valence-corrected chi connectivity index (χ4v) is 5.64. The molecule has 188 valence electrons. The van der Waals surface area contributed by atoms with E-state index in [0.717, 1.165) is 24.3 Å². The molecule has 1 aliphatic carbocycles. The van der Waals surface area contributed by atoms with Crippen LogP contribution in [-0.4, -0.2) is 0 Å². The molecular formula is C32H46F2. The van der Waals surface area contributed by atoms with Crippen LogP contribution in [0.3, 0.4) is 0 Å². The molecule has 0 unspecified atom stereocenters. The topological polar surface area (TPSA) is 0 Å². The summed E-state index contributed by atoms with van der Waals surface area (Å²) >= 11 is 0. The first-order chi connectivity index (χ1) is 16.6. The third-order valence-electron chi connectivity index (χ3n) is 8.00. The molecule has 0 spiro atoms. The monoisotopic (exact) mass is 468 g/mol. The second-order valence-corrected chi connectivity index (χ2v) is 10.7. The van der Waals surface area contributed by atoms with E-state index in [1.165, 1.54) is 89.0 Å². The standard InChI is InChI=1S/C32H46F2/c1-3-5-7-8-10-12-26-17-20-28(21-18-26)30-24-23-29(31(33)32(30)34)22-19-27-15-13-25(14-16-27)11-9-6-4-2/h17-18,20-21,23-25,27H,3-16,19,22H2,1-2H3/t25-,27-. The summed E-state index contributed by atoms with van der Waals surface area (Å²) < 4.78 is 29.9. The first kappa shape index (κ1) is 26.9. The first-order valence-corrected chi connectivity index (χ1v) is 14.2.